The van der Waals surface area contributed by atoms with Crippen LogP contribution in [0.15, 0.2) is 102 Å². The van der Waals surface area contributed by atoms with Crippen LogP contribution in [0.1, 0.15) is 16.1 Å². The van der Waals surface area contributed by atoms with E-state index in [2.05, 4.69) is 15.5 Å². The van der Waals surface area contributed by atoms with E-state index in [1.54, 1.807) is 29.3 Å². The van der Waals surface area contributed by atoms with Crippen molar-refractivity contribution in [2.75, 3.05) is 6.54 Å². The van der Waals surface area contributed by atoms with Gasteiger partial charge in [-0.25, -0.2) is 9.36 Å². The number of amides is 1. The quantitative estimate of drug-likeness (QED) is 0.424. The SMILES string of the molecule is O=C(NCCc1ccc(-n2cccn2)cc1)c1cc(-c2ccco2)nn1-c1ccccc1. The van der Waals surface area contributed by atoms with E-state index in [9.17, 15) is 4.79 Å². The number of benzene rings is 2. The summed E-state index contributed by atoms with van der Waals surface area (Å²) >= 11 is 0. The molecule has 0 unspecified atom stereocenters. The smallest absolute Gasteiger partial charge is 0.270 e. The Morgan fingerprint density at radius 2 is 1.78 bits per heavy atom. The summed E-state index contributed by atoms with van der Waals surface area (Å²) < 4.78 is 8.92. The normalized spacial score (nSPS) is 10.9. The molecule has 7 nitrogen and oxygen atoms in total. The fourth-order valence-corrected chi connectivity index (χ4v) is 3.50. The zero-order valence-corrected chi connectivity index (χ0v) is 17.3. The highest BCUT2D eigenvalue weighted by atomic mass is 16.3. The molecule has 0 aliphatic heterocycles. The fourth-order valence-electron chi connectivity index (χ4n) is 3.50. The van der Waals surface area contributed by atoms with Crippen LogP contribution in [0, 0.1) is 0 Å². The van der Waals surface area contributed by atoms with Crippen LogP contribution in [0.25, 0.3) is 22.8 Å². The van der Waals surface area contributed by atoms with Gasteiger partial charge in [0, 0.05) is 25.0 Å². The minimum Gasteiger partial charge on any atom is -0.463 e. The summed E-state index contributed by atoms with van der Waals surface area (Å²) in [6, 6.07) is 25.0. The highest BCUT2D eigenvalue weighted by molar-refractivity contribution is 5.94. The number of carbonyl (C=O) groups is 1. The van der Waals surface area contributed by atoms with Crippen LogP contribution >= 0.6 is 0 Å². The van der Waals surface area contributed by atoms with Crippen molar-refractivity contribution in [3.8, 4) is 22.8 Å². The highest BCUT2D eigenvalue weighted by Crippen LogP contribution is 2.22. The molecule has 1 amide bonds. The average Bonchev–Trinajstić information content (AvgIpc) is 3.61. The Morgan fingerprint density at radius 3 is 2.50 bits per heavy atom. The standard InChI is InChI=1S/C25H21N5O2/c31-25(26-15-13-19-9-11-20(12-10-19)29-16-5-14-27-29)23-18-22(24-8-4-17-32-24)28-30(23)21-6-2-1-3-7-21/h1-12,14,16-18H,13,15H2,(H,26,31). The topological polar surface area (TPSA) is 77.9 Å². The molecular formula is C25H21N5O2. The number of nitrogens with zero attached hydrogens (tertiary/aromatic N) is 4. The Bertz CT molecular complexity index is 1290. The maximum atomic E-state index is 13.0. The van der Waals surface area contributed by atoms with Gasteiger partial charge in [-0.1, -0.05) is 30.3 Å². The molecule has 0 spiro atoms. The van der Waals surface area contributed by atoms with Crippen molar-refractivity contribution in [3.63, 3.8) is 0 Å². The zero-order chi connectivity index (χ0) is 21.8. The first kappa shape index (κ1) is 19.6. The van der Waals surface area contributed by atoms with Gasteiger partial charge in [-0.3, -0.25) is 4.79 Å². The molecule has 2 aromatic carbocycles. The van der Waals surface area contributed by atoms with Gasteiger partial charge < -0.3 is 9.73 Å². The molecule has 32 heavy (non-hydrogen) atoms. The lowest BCUT2D eigenvalue weighted by atomic mass is 10.1. The number of furan rings is 1. The van der Waals surface area contributed by atoms with Crippen molar-refractivity contribution < 1.29 is 9.21 Å². The van der Waals surface area contributed by atoms with E-state index >= 15 is 0 Å². The van der Waals surface area contributed by atoms with Gasteiger partial charge in [-0.05, 0) is 54.4 Å². The average molecular weight is 423 g/mol. The monoisotopic (exact) mass is 423 g/mol. The second-order valence-electron chi connectivity index (χ2n) is 7.26. The lowest BCUT2D eigenvalue weighted by Crippen LogP contribution is -2.27. The van der Waals surface area contributed by atoms with Crippen molar-refractivity contribution in [2.45, 2.75) is 6.42 Å². The third-order valence-corrected chi connectivity index (χ3v) is 5.12. The molecule has 0 saturated heterocycles. The van der Waals surface area contributed by atoms with Crippen molar-refractivity contribution in [1.29, 1.82) is 0 Å². The first-order chi connectivity index (χ1) is 15.8. The Kier molecular flexibility index (Phi) is 5.36. The first-order valence-electron chi connectivity index (χ1n) is 10.3. The van der Waals surface area contributed by atoms with Crippen molar-refractivity contribution >= 4 is 5.91 Å². The Labute approximate surface area is 184 Å². The molecule has 0 aliphatic carbocycles. The highest BCUT2D eigenvalue weighted by Gasteiger charge is 2.18. The second kappa shape index (κ2) is 8.77. The van der Waals surface area contributed by atoms with Crippen molar-refractivity contribution in [2.24, 2.45) is 0 Å². The molecule has 0 aliphatic rings. The number of para-hydroxylation sites is 1. The number of aromatic nitrogens is 4. The fraction of sp³-hybridized carbons (Fsp3) is 0.0800. The van der Waals surface area contributed by atoms with Gasteiger partial charge >= 0.3 is 0 Å². The van der Waals surface area contributed by atoms with E-state index in [1.165, 1.54) is 0 Å². The van der Waals surface area contributed by atoms with Crippen molar-refractivity contribution in [1.82, 2.24) is 24.9 Å². The molecule has 3 heterocycles. The summed E-state index contributed by atoms with van der Waals surface area (Å²) in [5.41, 5.74) is 4.01. The van der Waals surface area contributed by atoms with E-state index in [4.69, 9.17) is 4.42 Å². The summed E-state index contributed by atoms with van der Waals surface area (Å²) in [6.07, 6.45) is 5.97. The number of nitrogens with one attached hydrogen (secondary N) is 1. The number of hydrogen-bond donors (Lipinski definition) is 1. The van der Waals surface area contributed by atoms with E-state index < -0.39 is 0 Å². The predicted molar refractivity (Wildman–Crippen MR) is 121 cm³/mol. The molecule has 0 saturated carbocycles. The van der Waals surface area contributed by atoms with E-state index in [0.717, 1.165) is 23.4 Å². The summed E-state index contributed by atoms with van der Waals surface area (Å²) in [4.78, 5) is 13.0. The predicted octanol–water partition coefficient (Wildman–Crippen LogP) is 4.29. The molecule has 0 fully saturated rings. The minimum absolute atomic E-state index is 0.188. The third-order valence-electron chi connectivity index (χ3n) is 5.12. The van der Waals surface area contributed by atoms with Gasteiger partial charge in [0.2, 0.25) is 0 Å². The molecule has 5 aromatic rings. The maximum absolute atomic E-state index is 13.0. The molecule has 7 heteroatoms. The van der Waals surface area contributed by atoms with Gasteiger partial charge in [-0.2, -0.15) is 10.2 Å². The Balaban J connectivity index is 1.30. The minimum atomic E-state index is -0.188. The largest absolute Gasteiger partial charge is 0.463 e. The van der Waals surface area contributed by atoms with Gasteiger partial charge in [0.15, 0.2) is 5.76 Å². The molecule has 158 valence electrons. The molecule has 0 bridgehead atoms. The van der Waals surface area contributed by atoms with E-state index in [-0.39, 0.29) is 5.91 Å². The Hall–Kier alpha value is -4.39. The van der Waals surface area contributed by atoms with Crippen LogP contribution in [0.5, 0.6) is 0 Å². The summed E-state index contributed by atoms with van der Waals surface area (Å²) in [5, 5.41) is 11.8. The number of carbonyl (C=O) groups excluding carboxylic acids is 1. The molecule has 5 rings (SSSR count). The maximum Gasteiger partial charge on any atom is 0.270 e. The lowest BCUT2D eigenvalue weighted by Gasteiger charge is -2.09. The van der Waals surface area contributed by atoms with Crippen molar-refractivity contribution in [3.05, 3.63) is 109 Å². The summed E-state index contributed by atoms with van der Waals surface area (Å²) in [6.45, 7) is 0.510. The number of hydrogen-bond acceptors (Lipinski definition) is 4. The lowest BCUT2D eigenvalue weighted by molar-refractivity contribution is 0.0946. The first-order valence-corrected chi connectivity index (χ1v) is 10.3. The van der Waals surface area contributed by atoms with Crippen LogP contribution in [0.3, 0.4) is 0 Å². The molecule has 3 aromatic heterocycles. The van der Waals surface area contributed by atoms with Gasteiger partial charge in [0.25, 0.3) is 5.91 Å². The number of rotatable bonds is 7. The zero-order valence-electron chi connectivity index (χ0n) is 17.3. The van der Waals surface area contributed by atoms with Crippen LogP contribution in [0.4, 0.5) is 0 Å². The van der Waals surface area contributed by atoms with Gasteiger partial charge in [-0.15, -0.1) is 0 Å². The molecule has 1 N–H and O–H groups in total. The van der Waals surface area contributed by atoms with Gasteiger partial charge in [0.05, 0.1) is 17.6 Å². The molecular weight excluding hydrogens is 402 g/mol. The summed E-state index contributed by atoms with van der Waals surface area (Å²) in [7, 11) is 0. The van der Waals surface area contributed by atoms with E-state index in [0.29, 0.717) is 23.7 Å². The second-order valence-corrected chi connectivity index (χ2v) is 7.26. The molecule has 0 atom stereocenters. The van der Waals surface area contributed by atoms with Crippen LogP contribution < -0.4 is 5.32 Å². The van der Waals surface area contributed by atoms with Gasteiger partial charge in [0.1, 0.15) is 11.4 Å². The van der Waals surface area contributed by atoms with Crippen LogP contribution in [0.2, 0.25) is 0 Å². The van der Waals surface area contributed by atoms with Crippen LogP contribution in [-0.4, -0.2) is 32.0 Å². The molecule has 0 radical (unpaired) electrons. The Morgan fingerprint density at radius 1 is 0.938 bits per heavy atom. The van der Waals surface area contributed by atoms with Crippen LogP contribution in [-0.2, 0) is 6.42 Å². The third kappa shape index (κ3) is 4.09. The van der Waals surface area contributed by atoms with E-state index in [1.807, 2.05) is 77.6 Å². The summed E-state index contributed by atoms with van der Waals surface area (Å²) in [5.74, 6) is 0.429.